The molecule has 2 fully saturated rings. The number of nitrogens with zero attached hydrogens (tertiary/aromatic N) is 1. The van der Waals surface area contributed by atoms with Crippen molar-refractivity contribution < 1.29 is 17.3 Å². The molecular weight excluding hydrogens is 254 g/mol. The maximum Gasteiger partial charge on any atom is 0.264 e. The quantitative estimate of drug-likeness (QED) is 0.546. The molecule has 94 valence electrons. The summed E-state index contributed by atoms with van der Waals surface area (Å²) in [5.74, 6) is 0. The van der Waals surface area contributed by atoms with E-state index in [-0.39, 0.29) is 17.7 Å². The van der Waals surface area contributed by atoms with Crippen LogP contribution in [-0.2, 0) is 19.0 Å². The summed E-state index contributed by atoms with van der Waals surface area (Å²) in [7, 11) is -3.36. The van der Waals surface area contributed by atoms with E-state index in [0.29, 0.717) is 13.2 Å². The zero-order valence-electron chi connectivity index (χ0n) is 9.19. The minimum absolute atomic E-state index is 0.125. The van der Waals surface area contributed by atoms with Crippen LogP contribution in [0.15, 0.2) is 0 Å². The summed E-state index contributed by atoms with van der Waals surface area (Å²) in [4.78, 5) is 2.18. The van der Waals surface area contributed by atoms with Gasteiger partial charge >= 0.3 is 0 Å². The van der Waals surface area contributed by atoms with Crippen molar-refractivity contribution in [3.8, 4) is 0 Å². The van der Waals surface area contributed by atoms with Gasteiger partial charge in [-0.3, -0.25) is 9.08 Å². The van der Waals surface area contributed by atoms with E-state index in [1.54, 1.807) is 0 Å². The van der Waals surface area contributed by atoms with Crippen LogP contribution in [0.3, 0.4) is 0 Å². The van der Waals surface area contributed by atoms with Crippen molar-refractivity contribution in [1.82, 2.24) is 4.90 Å². The van der Waals surface area contributed by atoms with Crippen molar-refractivity contribution >= 4 is 21.7 Å². The smallest absolute Gasteiger partial charge is 0.264 e. The third kappa shape index (κ3) is 3.07. The lowest BCUT2D eigenvalue weighted by Crippen LogP contribution is -2.49. The molecule has 0 N–H and O–H groups in total. The number of rotatable bonds is 4. The Balaban J connectivity index is 1.92. The standard InChI is InChI=1S/C9H16ClNO4S/c1-16(12,13)15-7-9(2-3-9)11-4-5-14-8(10)6-11/h8H,2-7H2,1H3. The van der Waals surface area contributed by atoms with Gasteiger partial charge in [-0.25, -0.2) is 0 Å². The van der Waals surface area contributed by atoms with Gasteiger partial charge in [0.05, 0.1) is 19.5 Å². The first-order chi connectivity index (χ1) is 7.41. The number of alkyl halides is 1. The molecule has 0 aromatic rings. The lowest BCUT2D eigenvalue weighted by Gasteiger charge is -2.36. The Morgan fingerprint density at radius 3 is 2.75 bits per heavy atom. The van der Waals surface area contributed by atoms with Gasteiger partial charge in [0.1, 0.15) is 5.56 Å². The fraction of sp³-hybridized carbons (Fsp3) is 1.00. The summed E-state index contributed by atoms with van der Waals surface area (Å²) in [5, 5.41) is 0. The summed E-state index contributed by atoms with van der Waals surface area (Å²) in [6.07, 6.45) is 3.00. The Morgan fingerprint density at radius 2 is 2.25 bits per heavy atom. The van der Waals surface area contributed by atoms with Crippen LogP contribution in [-0.4, -0.2) is 57.0 Å². The van der Waals surface area contributed by atoms with E-state index < -0.39 is 10.1 Å². The van der Waals surface area contributed by atoms with Gasteiger partial charge in [-0.2, -0.15) is 8.42 Å². The maximum absolute atomic E-state index is 11.0. The molecule has 5 nitrogen and oxygen atoms in total. The molecule has 0 spiro atoms. The molecule has 1 saturated carbocycles. The molecule has 1 atom stereocenters. The van der Waals surface area contributed by atoms with Gasteiger partial charge < -0.3 is 4.74 Å². The SMILES string of the molecule is CS(=O)(=O)OCC1(N2CCOC(Cl)C2)CC1. The van der Waals surface area contributed by atoms with Crippen molar-refractivity contribution in [2.24, 2.45) is 0 Å². The predicted octanol–water partition coefficient (Wildman–Crippen LogP) is 0.392. The first-order valence-corrected chi connectivity index (χ1v) is 7.52. The molecule has 0 bridgehead atoms. The topological polar surface area (TPSA) is 55.8 Å². The fourth-order valence-electron chi connectivity index (χ4n) is 1.95. The van der Waals surface area contributed by atoms with Crippen LogP contribution in [0, 0.1) is 0 Å². The highest BCUT2D eigenvalue weighted by molar-refractivity contribution is 7.85. The molecule has 0 amide bonds. The second-order valence-corrected chi connectivity index (χ2v) is 6.55. The molecule has 16 heavy (non-hydrogen) atoms. The largest absolute Gasteiger partial charge is 0.360 e. The molecule has 7 heteroatoms. The summed E-state index contributed by atoms with van der Waals surface area (Å²) in [6, 6.07) is 0. The monoisotopic (exact) mass is 269 g/mol. The molecule has 1 heterocycles. The third-order valence-electron chi connectivity index (χ3n) is 3.06. The van der Waals surface area contributed by atoms with E-state index in [9.17, 15) is 8.42 Å². The molecule has 0 radical (unpaired) electrons. The van der Waals surface area contributed by atoms with E-state index >= 15 is 0 Å². The average molecular weight is 270 g/mol. The van der Waals surface area contributed by atoms with Crippen LogP contribution < -0.4 is 0 Å². The van der Waals surface area contributed by atoms with Crippen molar-refractivity contribution in [2.75, 3.05) is 32.6 Å². The van der Waals surface area contributed by atoms with Crippen molar-refractivity contribution in [3.05, 3.63) is 0 Å². The number of halogens is 1. The van der Waals surface area contributed by atoms with Crippen LogP contribution in [0.2, 0.25) is 0 Å². The minimum Gasteiger partial charge on any atom is -0.360 e. The minimum atomic E-state index is -3.36. The van der Waals surface area contributed by atoms with Gasteiger partial charge in [0.25, 0.3) is 10.1 Å². The average Bonchev–Trinajstić information content (AvgIpc) is 2.94. The fourth-order valence-corrected chi connectivity index (χ4v) is 2.64. The first kappa shape index (κ1) is 12.6. The Bertz CT molecular complexity index is 355. The Hall–Kier alpha value is 0.120. The maximum atomic E-state index is 11.0. The zero-order valence-corrected chi connectivity index (χ0v) is 10.8. The number of ether oxygens (including phenoxy) is 1. The highest BCUT2D eigenvalue weighted by atomic mass is 35.5. The Kier molecular flexibility index (Phi) is 3.47. The van der Waals surface area contributed by atoms with Crippen LogP contribution >= 0.6 is 11.6 Å². The molecular formula is C9H16ClNO4S. The molecule has 0 aromatic heterocycles. The van der Waals surface area contributed by atoms with E-state index in [2.05, 4.69) is 4.90 Å². The molecule has 1 unspecified atom stereocenters. The van der Waals surface area contributed by atoms with Gasteiger partial charge in [-0.15, -0.1) is 0 Å². The first-order valence-electron chi connectivity index (χ1n) is 5.26. The van der Waals surface area contributed by atoms with E-state index in [1.807, 2.05) is 0 Å². The number of morpholine rings is 1. The zero-order chi connectivity index (χ0) is 11.8. The lowest BCUT2D eigenvalue weighted by molar-refractivity contribution is -0.0202. The van der Waals surface area contributed by atoms with E-state index in [4.69, 9.17) is 20.5 Å². The van der Waals surface area contributed by atoms with Gasteiger partial charge in [0.15, 0.2) is 0 Å². The Labute approximate surface area is 101 Å². The summed E-state index contributed by atoms with van der Waals surface area (Å²) < 4.78 is 32.1. The molecule has 2 aliphatic rings. The van der Waals surface area contributed by atoms with Gasteiger partial charge in [-0.05, 0) is 12.8 Å². The summed E-state index contributed by atoms with van der Waals surface area (Å²) in [5.41, 5.74) is -0.426. The number of hydrogen-bond donors (Lipinski definition) is 0. The number of hydrogen-bond acceptors (Lipinski definition) is 5. The summed E-state index contributed by atoms with van der Waals surface area (Å²) in [6.45, 7) is 2.25. The highest BCUT2D eigenvalue weighted by Crippen LogP contribution is 2.43. The van der Waals surface area contributed by atoms with Crippen LogP contribution in [0.4, 0.5) is 0 Å². The van der Waals surface area contributed by atoms with Crippen LogP contribution in [0.5, 0.6) is 0 Å². The van der Waals surface area contributed by atoms with E-state index in [1.165, 1.54) is 0 Å². The van der Waals surface area contributed by atoms with Crippen LogP contribution in [0.25, 0.3) is 0 Å². The van der Waals surface area contributed by atoms with E-state index in [0.717, 1.165) is 25.6 Å². The van der Waals surface area contributed by atoms with Crippen LogP contribution in [0.1, 0.15) is 12.8 Å². The molecule has 1 saturated heterocycles. The van der Waals surface area contributed by atoms with Gasteiger partial charge in [0, 0.05) is 18.6 Å². The van der Waals surface area contributed by atoms with Crippen molar-refractivity contribution in [2.45, 2.75) is 23.9 Å². The molecule has 1 aliphatic carbocycles. The second kappa shape index (κ2) is 4.42. The van der Waals surface area contributed by atoms with Gasteiger partial charge in [-0.1, -0.05) is 11.6 Å². The Morgan fingerprint density at radius 1 is 1.56 bits per heavy atom. The molecule has 1 aliphatic heterocycles. The predicted molar refractivity (Wildman–Crippen MR) is 59.9 cm³/mol. The second-order valence-electron chi connectivity index (χ2n) is 4.42. The molecule has 2 rings (SSSR count). The summed E-state index contributed by atoms with van der Waals surface area (Å²) >= 11 is 5.91. The molecule has 0 aromatic carbocycles. The van der Waals surface area contributed by atoms with Gasteiger partial charge in [0.2, 0.25) is 0 Å². The normalized spacial score (nSPS) is 30.2. The third-order valence-corrected chi connectivity index (χ3v) is 3.87. The van der Waals surface area contributed by atoms with Crippen molar-refractivity contribution in [3.63, 3.8) is 0 Å². The highest BCUT2D eigenvalue weighted by Gasteiger charge is 2.50. The lowest BCUT2D eigenvalue weighted by atomic mass is 10.2. The van der Waals surface area contributed by atoms with Crippen molar-refractivity contribution in [1.29, 1.82) is 0 Å².